The lowest BCUT2D eigenvalue weighted by atomic mass is 10.1. The Balaban J connectivity index is 2.12. The highest BCUT2D eigenvalue weighted by atomic mass is 16.1. The molecule has 2 rings (SSSR count). The van der Waals surface area contributed by atoms with Crippen molar-refractivity contribution in [2.45, 2.75) is 41.0 Å². The molecule has 128 valence electrons. The molecule has 1 amide bonds. The minimum Gasteiger partial charge on any atom is -0.354 e. The molecule has 5 heteroatoms. The first kappa shape index (κ1) is 17.9. The molecule has 0 aliphatic heterocycles. The lowest BCUT2D eigenvalue weighted by Crippen LogP contribution is -2.17. The van der Waals surface area contributed by atoms with Gasteiger partial charge in [0.25, 0.3) is 5.91 Å². The van der Waals surface area contributed by atoms with E-state index in [4.69, 9.17) is 0 Å². The summed E-state index contributed by atoms with van der Waals surface area (Å²) in [5.74, 6) is 0.885. The number of nitrogens with one attached hydrogen (secondary N) is 2. The molecular formula is C19H26N4O. The number of hydrogen-bond acceptors (Lipinski definition) is 4. The zero-order chi connectivity index (χ0) is 17.7. The fraction of sp³-hybridized carbons (Fsp3) is 0.421. The molecule has 1 aromatic heterocycles. The fourth-order valence-corrected chi connectivity index (χ4v) is 2.38. The number of rotatable bonds is 6. The quantitative estimate of drug-likeness (QED) is 0.838. The van der Waals surface area contributed by atoms with Crippen LogP contribution in [0.25, 0.3) is 0 Å². The number of aromatic nitrogens is 2. The Kier molecular flexibility index (Phi) is 5.90. The monoisotopic (exact) mass is 326 g/mol. The molecule has 0 aliphatic carbocycles. The smallest absolute Gasteiger partial charge is 0.274 e. The van der Waals surface area contributed by atoms with Crippen LogP contribution in [0, 0.1) is 26.7 Å². The number of amides is 1. The zero-order valence-electron chi connectivity index (χ0n) is 15.1. The predicted molar refractivity (Wildman–Crippen MR) is 98.6 cm³/mol. The van der Waals surface area contributed by atoms with E-state index in [1.54, 1.807) is 6.07 Å². The Bertz CT molecular complexity index is 725. The molecule has 0 aliphatic rings. The van der Waals surface area contributed by atoms with Crippen molar-refractivity contribution in [1.82, 2.24) is 9.97 Å². The molecule has 0 saturated heterocycles. The van der Waals surface area contributed by atoms with Gasteiger partial charge < -0.3 is 10.6 Å². The summed E-state index contributed by atoms with van der Waals surface area (Å²) in [4.78, 5) is 21.2. The lowest BCUT2D eigenvalue weighted by Gasteiger charge is -2.11. The van der Waals surface area contributed by atoms with Gasteiger partial charge in [-0.25, -0.2) is 9.97 Å². The van der Waals surface area contributed by atoms with Crippen molar-refractivity contribution >= 4 is 17.5 Å². The van der Waals surface area contributed by atoms with E-state index in [2.05, 4.69) is 34.4 Å². The Morgan fingerprint density at radius 1 is 1.12 bits per heavy atom. The predicted octanol–water partition coefficient (Wildman–Crippen LogP) is 4.11. The Labute approximate surface area is 143 Å². The Hall–Kier alpha value is -2.43. The van der Waals surface area contributed by atoms with Gasteiger partial charge in [-0.2, -0.15) is 0 Å². The van der Waals surface area contributed by atoms with E-state index in [0.717, 1.165) is 29.9 Å². The second-order valence-corrected chi connectivity index (χ2v) is 6.60. The summed E-state index contributed by atoms with van der Waals surface area (Å²) >= 11 is 0. The third-order valence-electron chi connectivity index (χ3n) is 3.72. The van der Waals surface area contributed by atoms with Crippen molar-refractivity contribution in [3.8, 4) is 0 Å². The second kappa shape index (κ2) is 7.90. The molecule has 1 heterocycles. The first-order valence-corrected chi connectivity index (χ1v) is 8.33. The highest BCUT2D eigenvalue weighted by Crippen LogP contribution is 2.17. The molecule has 24 heavy (non-hydrogen) atoms. The van der Waals surface area contributed by atoms with Crippen LogP contribution >= 0.6 is 0 Å². The molecule has 2 N–H and O–H groups in total. The minimum atomic E-state index is -0.223. The van der Waals surface area contributed by atoms with Gasteiger partial charge in [0, 0.05) is 17.9 Å². The average Bonchev–Trinajstić information content (AvgIpc) is 2.49. The molecule has 2 aromatic rings. The first-order chi connectivity index (χ1) is 11.3. The van der Waals surface area contributed by atoms with Gasteiger partial charge in [-0.3, -0.25) is 4.79 Å². The maximum absolute atomic E-state index is 12.5. The van der Waals surface area contributed by atoms with Crippen molar-refractivity contribution in [1.29, 1.82) is 0 Å². The Morgan fingerprint density at radius 2 is 1.88 bits per heavy atom. The van der Waals surface area contributed by atoms with Gasteiger partial charge in [0.05, 0.1) is 0 Å². The molecule has 0 radical (unpaired) electrons. The van der Waals surface area contributed by atoms with Crippen LogP contribution in [0.1, 0.15) is 47.6 Å². The maximum Gasteiger partial charge on any atom is 0.274 e. The number of carbonyl (C=O) groups excluding carboxylic acids is 1. The fourth-order valence-electron chi connectivity index (χ4n) is 2.38. The highest BCUT2D eigenvalue weighted by Gasteiger charge is 2.12. The van der Waals surface area contributed by atoms with Crippen LogP contribution in [0.3, 0.4) is 0 Å². The van der Waals surface area contributed by atoms with E-state index >= 15 is 0 Å². The molecule has 0 unspecified atom stereocenters. The SMILES string of the molecule is Cc1ccc(NC(=O)c2cc(C)nc(NCCC(C)C)n2)c(C)c1. The van der Waals surface area contributed by atoms with Crippen molar-refractivity contribution in [3.63, 3.8) is 0 Å². The second-order valence-electron chi connectivity index (χ2n) is 6.60. The molecule has 0 spiro atoms. The number of anilines is 2. The summed E-state index contributed by atoms with van der Waals surface area (Å²) in [6.07, 6.45) is 1.03. The van der Waals surface area contributed by atoms with Crippen molar-refractivity contribution in [2.24, 2.45) is 5.92 Å². The standard InChI is InChI=1S/C19H26N4O/c1-12(2)8-9-20-19-21-15(5)11-17(23-19)18(24)22-16-7-6-13(3)10-14(16)4/h6-7,10-12H,8-9H2,1-5H3,(H,22,24)(H,20,21,23). The molecule has 0 saturated carbocycles. The normalized spacial score (nSPS) is 10.8. The Morgan fingerprint density at radius 3 is 2.54 bits per heavy atom. The van der Waals surface area contributed by atoms with E-state index in [9.17, 15) is 4.79 Å². The number of aryl methyl sites for hydroxylation is 3. The highest BCUT2D eigenvalue weighted by molar-refractivity contribution is 6.03. The molecule has 0 bridgehead atoms. The largest absolute Gasteiger partial charge is 0.354 e. The topological polar surface area (TPSA) is 66.9 Å². The van der Waals surface area contributed by atoms with Crippen molar-refractivity contribution in [2.75, 3.05) is 17.2 Å². The summed E-state index contributed by atoms with van der Waals surface area (Å²) in [5, 5.41) is 6.12. The van der Waals surface area contributed by atoms with Crippen LogP contribution < -0.4 is 10.6 Å². The maximum atomic E-state index is 12.5. The molecule has 5 nitrogen and oxygen atoms in total. The van der Waals surface area contributed by atoms with E-state index in [1.165, 1.54) is 5.56 Å². The third kappa shape index (κ3) is 5.05. The summed E-state index contributed by atoms with van der Waals surface area (Å²) in [6.45, 7) is 11.0. The van der Waals surface area contributed by atoms with Gasteiger partial charge in [0.15, 0.2) is 0 Å². The zero-order valence-corrected chi connectivity index (χ0v) is 15.1. The van der Waals surface area contributed by atoms with E-state index in [-0.39, 0.29) is 5.91 Å². The average molecular weight is 326 g/mol. The summed E-state index contributed by atoms with van der Waals surface area (Å²) in [5.41, 5.74) is 4.14. The van der Waals surface area contributed by atoms with Gasteiger partial charge in [-0.15, -0.1) is 0 Å². The minimum absolute atomic E-state index is 0.223. The molecule has 0 fully saturated rings. The van der Waals surface area contributed by atoms with Crippen LogP contribution in [-0.2, 0) is 0 Å². The summed E-state index contributed by atoms with van der Waals surface area (Å²) in [6, 6.07) is 7.64. The van der Waals surface area contributed by atoms with Crippen LogP contribution in [0.5, 0.6) is 0 Å². The van der Waals surface area contributed by atoms with E-state index in [0.29, 0.717) is 17.6 Å². The van der Waals surface area contributed by atoms with Crippen molar-refractivity contribution in [3.05, 3.63) is 46.8 Å². The molecular weight excluding hydrogens is 300 g/mol. The summed E-state index contributed by atoms with van der Waals surface area (Å²) in [7, 11) is 0. The van der Waals surface area contributed by atoms with Gasteiger partial charge in [-0.1, -0.05) is 31.5 Å². The van der Waals surface area contributed by atoms with Gasteiger partial charge in [-0.05, 0) is 50.8 Å². The number of nitrogens with zero attached hydrogens (tertiary/aromatic N) is 2. The van der Waals surface area contributed by atoms with E-state index < -0.39 is 0 Å². The summed E-state index contributed by atoms with van der Waals surface area (Å²) < 4.78 is 0. The molecule has 0 atom stereocenters. The van der Waals surface area contributed by atoms with Crippen LogP contribution in [0.2, 0.25) is 0 Å². The molecule has 1 aromatic carbocycles. The first-order valence-electron chi connectivity index (χ1n) is 8.33. The van der Waals surface area contributed by atoms with Crippen LogP contribution in [0.15, 0.2) is 24.3 Å². The van der Waals surface area contributed by atoms with Crippen molar-refractivity contribution < 1.29 is 4.79 Å². The lowest BCUT2D eigenvalue weighted by molar-refractivity contribution is 0.102. The number of benzene rings is 1. The third-order valence-corrected chi connectivity index (χ3v) is 3.72. The van der Waals surface area contributed by atoms with Crippen LogP contribution in [-0.4, -0.2) is 22.4 Å². The number of hydrogen-bond donors (Lipinski definition) is 2. The van der Waals surface area contributed by atoms with Gasteiger partial charge in [0.2, 0.25) is 5.95 Å². The van der Waals surface area contributed by atoms with Gasteiger partial charge in [0.1, 0.15) is 5.69 Å². The van der Waals surface area contributed by atoms with E-state index in [1.807, 2.05) is 39.0 Å². The van der Waals surface area contributed by atoms with Gasteiger partial charge >= 0.3 is 0 Å². The number of carbonyl (C=O) groups is 1. The van der Waals surface area contributed by atoms with Crippen LogP contribution in [0.4, 0.5) is 11.6 Å².